The highest BCUT2D eigenvalue weighted by Gasteiger charge is 2.13. The zero-order valence-electron chi connectivity index (χ0n) is 10.2. The van der Waals surface area contributed by atoms with Crippen LogP contribution in [0.3, 0.4) is 0 Å². The summed E-state index contributed by atoms with van der Waals surface area (Å²) in [7, 11) is 0. The second kappa shape index (κ2) is 8.57. The summed E-state index contributed by atoms with van der Waals surface area (Å²) in [6.07, 6.45) is 10.3. The van der Waals surface area contributed by atoms with E-state index >= 15 is 0 Å². The molecule has 16 heavy (non-hydrogen) atoms. The van der Waals surface area contributed by atoms with Gasteiger partial charge in [-0.1, -0.05) is 32.1 Å². The fourth-order valence-corrected chi connectivity index (χ4v) is 2.43. The molecule has 0 saturated heterocycles. The molecule has 0 aliphatic heterocycles. The molecule has 1 fully saturated rings. The molecule has 0 radical (unpaired) electrons. The van der Waals surface area contributed by atoms with Crippen molar-refractivity contribution in [2.75, 3.05) is 13.1 Å². The topological polar surface area (TPSA) is 49.3 Å². The van der Waals surface area contributed by atoms with Gasteiger partial charge in [-0.3, -0.25) is 4.79 Å². The Labute approximate surface area is 98.6 Å². The number of hydrogen-bond acceptors (Lipinski definition) is 2. The Kier molecular flexibility index (Phi) is 7.23. The van der Waals surface area contributed by atoms with E-state index in [0.717, 1.165) is 38.3 Å². The van der Waals surface area contributed by atoms with Gasteiger partial charge in [0.2, 0.25) is 0 Å². The lowest BCUT2D eigenvalue weighted by Gasteiger charge is -2.09. The Hall–Kier alpha value is -0.570. The third kappa shape index (κ3) is 6.83. The summed E-state index contributed by atoms with van der Waals surface area (Å²) in [6, 6.07) is 0. The maximum absolute atomic E-state index is 10.3. The van der Waals surface area contributed by atoms with Crippen LogP contribution in [0.4, 0.5) is 0 Å². The maximum atomic E-state index is 10.3. The summed E-state index contributed by atoms with van der Waals surface area (Å²) in [5.74, 6) is 0.300. The fraction of sp³-hybridized carbons (Fsp3) is 0.923. The van der Waals surface area contributed by atoms with E-state index in [4.69, 9.17) is 5.11 Å². The first-order valence-corrected chi connectivity index (χ1v) is 6.71. The van der Waals surface area contributed by atoms with Crippen LogP contribution in [0.1, 0.15) is 57.8 Å². The Morgan fingerprint density at radius 3 is 2.56 bits per heavy atom. The largest absolute Gasteiger partial charge is 0.481 e. The summed E-state index contributed by atoms with van der Waals surface area (Å²) < 4.78 is 0. The number of hydrogen-bond donors (Lipinski definition) is 2. The van der Waals surface area contributed by atoms with Crippen molar-refractivity contribution in [2.24, 2.45) is 5.92 Å². The molecule has 0 bridgehead atoms. The van der Waals surface area contributed by atoms with Crippen molar-refractivity contribution in [3.05, 3.63) is 0 Å². The van der Waals surface area contributed by atoms with Gasteiger partial charge in [-0.2, -0.15) is 0 Å². The second-order valence-corrected chi connectivity index (χ2v) is 4.89. The van der Waals surface area contributed by atoms with Gasteiger partial charge in [-0.25, -0.2) is 0 Å². The number of aliphatic carboxylic acids is 1. The monoisotopic (exact) mass is 227 g/mol. The van der Waals surface area contributed by atoms with Gasteiger partial charge >= 0.3 is 5.97 Å². The Morgan fingerprint density at radius 2 is 1.88 bits per heavy atom. The molecule has 0 aromatic rings. The molecule has 1 rings (SSSR count). The van der Waals surface area contributed by atoms with Crippen LogP contribution in [0.2, 0.25) is 0 Å². The molecule has 0 heterocycles. The smallest absolute Gasteiger partial charge is 0.303 e. The number of nitrogens with one attached hydrogen (secondary N) is 1. The molecular weight excluding hydrogens is 202 g/mol. The van der Waals surface area contributed by atoms with Crippen LogP contribution in [-0.2, 0) is 4.79 Å². The van der Waals surface area contributed by atoms with Gasteiger partial charge in [0.1, 0.15) is 0 Å². The Morgan fingerprint density at radius 1 is 1.12 bits per heavy atom. The normalized spacial score (nSPS) is 16.8. The first-order chi connectivity index (χ1) is 7.79. The molecule has 3 heteroatoms. The molecule has 1 aliphatic carbocycles. The summed E-state index contributed by atoms with van der Waals surface area (Å²) in [4.78, 5) is 10.3. The second-order valence-electron chi connectivity index (χ2n) is 4.89. The van der Waals surface area contributed by atoms with E-state index in [9.17, 15) is 4.79 Å². The third-order valence-corrected chi connectivity index (χ3v) is 3.45. The molecule has 0 unspecified atom stereocenters. The van der Waals surface area contributed by atoms with Crippen LogP contribution in [0, 0.1) is 5.92 Å². The number of carboxylic acids is 1. The lowest BCUT2D eigenvalue weighted by atomic mass is 10.0. The summed E-state index contributed by atoms with van der Waals surface area (Å²) in [6.45, 7) is 2.19. The molecule has 0 atom stereocenters. The molecule has 0 spiro atoms. The number of rotatable bonds is 9. The molecular formula is C13H25NO2. The summed E-state index contributed by atoms with van der Waals surface area (Å²) in [5, 5.41) is 11.9. The van der Waals surface area contributed by atoms with Crippen LogP contribution < -0.4 is 5.32 Å². The van der Waals surface area contributed by atoms with E-state index in [2.05, 4.69) is 5.32 Å². The zero-order chi connectivity index (χ0) is 11.6. The minimum atomic E-state index is -0.672. The molecule has 0 aromatic carbocycles. The highest BCUT2D eigenvalue weighted by molar-refractivity contribution is 5.66. The number of carboxylic acid groups (broad SMARTS) is 1. The molecule has 0 aromatic heterocycles. The molecule has 94 valence electrons. The fourth-order valence-electron chi connectivity index (χ4n) is 2.43. The molecule has 2 N–H and O–H groups in total. The third-order valence-electron chi connectivity index (χ3n) is 3.45. The van der Waals surface area contributed by atoms with Crippen LogP contribution >= 0.6 is 0 Å². The quantitative estimate of drug-likeness (QED) is 0.595. The molecule has 1 saturated carbocycles. The van der Waals surface area contributed by atoms with Gasteiger partial charge in [0.25, 0.3) is 0 Å². The zero-order valence-corrected chi connectivity index (χ0v) is 10.2. The van der Waals surface area contributed by atoms with Gasteiger partial charge < -0.3 is 10.4 Å². The van der Waals surface area contributed by atoms with Gasteiger partial charge in [-0.05, 0) is 38.3 Å². The van der Waals surface area contributed by atoms with Crippen molar-refractivity contribution < 1.29 is 9.90 Å². The Bertz CT molecular complexity index is 188. The van der Waals surface area contributed by atoms with E-state index < -0.39 is 5.97 Å². The minimum absolute atomic E-state index is 0.322. The Balaban J connectivity index is 1.76. The average molecular weight is 227 g/mol. The molecule has 0 amide bonds. The van der Waals surface area contributed by atoms with Gasteiger partial charge in [-0.15, -0.1) is 0 Å². The van der Waals surface area contributed by atoms with E-state index in [1.807, 2.05) is 0 Å². The van der Waals surface area contributed by atoms with Crippen molar-refractivity contribution in [1.29, 1.82) is 0 Å². The van der Waals surface area contributed by atoms with E-state index in [1.165, 1.54) is 32.1 Å². The van der Waals surface area contributed by atoms with Crippen molar-refractivity contribution in [3.63, 3.8) is 0 Å². The lowest BCUT2D eigenvalue weighted by molar-refractivity contribution is -0.137. The summed E-state index contributed by atoms with van der Waals surface area (Å²) in [5.41, 5.74) is 0. The van der Waals surface area contributed by atoms with Crippen molar-refractivity contribution >= 4 is 5.97 Å². The van der Waals surface area contributed by atoms with E-state index in [0.29, 0.717) is 6.42 Å². The lowest BCUT2D eigenvalue weighted by Crippen LogP contribution is -2.18. The maximum Gasteiger partial charge on any atom is 0.303 e. The van der Waals surface area contributed by atoms with Crippen molar-refractivity contribution in [1.82, 2.24) is 5.32 Å². The highest BCUT2D eigenvalue weighted by Crippen LogP contribution is 2.26. The first kappa shape index (κ1) is 13.5. The first-order valence-electron chi connectivity index (χ1n) is 6.71. The van der Waals surface area contributed by atoms with Crippen LogP contribution in [-0.4, -0.2) is 24.2 Å². The van der Waals surface area contributed by atoms with Crippen LogP contribution in [0.25, 0.3) is 0 Å². The standard InChI is InChI=1S/C13H25NO2/c15-13(16)8-2-1-5-10-14-11-9-12-6-3-4-7-12/h12,14H,1-11H2,(H,15,16). The number of unbranched alkanes of at least 4 members (excludes halogenated alkanes) is 2. The van der Waals surface area contributed by atoms with Crippen LogP contribution in [0.5, 0.6) is 0 Å². The van der Waals surface area contributed by atoms with E-state index in [-0.39, 0.29) is 0 Å². The summed E-state index contributed by atoms with van der Waals surface area (Å²) >= 11 is 0. The number of carbonyl (C=O) groups is 1. The predicted molar refractivity (Wildman–Crippen MR) is 65.5 cm³/mol. The van der Waals surface area contributed by atoms with Crippen molar-refractivity contribution in [3.8, 4) is 0 Å². The predicted octanol–water partition coefficient (Wildman–Crippen LogP) is 2.80. The average Bonchev–Trinajstić information content (AvgIpc) is 2.74. The van der Waals surface area contributed by atoms with Crippen LogP contribution in [0.15, 0.2) is 0 Å². The SMILES string of the molecule is O=C(O)CCCCCNCCC1CCCC1. The minimum Gasteiger partial charge on any atom is -0.481 e. The van der Waals surface area contributed by atoms with Gasteiger partial charge in [0.15, 0.2) is 0 Å². The van der Waals surface area contributed by atoms with Gasteiger partial charge in [0.05, 0.1) is 0 Å². The van der Waals surface area contributed by atoms with E-state index in [1.54, 1.807) is 0 Å². The highest BCUT2D eigenvalue weighted by atomic mass is 16.4. The van der Waals surface area contributed by atoms with Crippen molar-refractivity contribution in [2.45, 2.75) is 57.8 Å². The molecule has 3 nitrogen and oxygen atoms in total. The molecule has 1 aliphatic rings. The van der Waals surface area contributed by atoms with Gasteiger partial charge in [0, 0.05) is 6.42 Å².